The van der Waals surface area contributed by atoms with E-state index in [1.54, 1.807) is 12.4 Å². The molecule has 0 atom stereocenters. The molecule has 1 amide bonds. The summed E-state index contributed by atoms with van der Waals surface area (Å²) in [5.41, 5.74) is 4.85. The number of rotatable bonds is 5. The average molecular weight is 373 g/mol. The Labute approximate surface area is 165 Å². The van der Waals surface area contributed by atoms with Crippen molar-refractivity contribution in [3.05, 3.63) is 83.7 Å². The maximum Gasteiger partial charge on any atom is 0.255 e. The second kappa shape index (κ2) is 8.13. The number of carbonyl (C=O) groups excluding carboxylic acids is 1. The second-order valence-electron chi connectivity index (χ2n) is 6.79. The van der Waals surface area contributed by atoms with Crippen molar-refractivity contribution in [3.8, 4) is 5.75 Å². The van der Waals surface area contributed by atoms with Crippen LogP contribution < -0.4 is 10.1 Å². The van der Waals surface area contributed by atoms with Gasteiger partial charge < -0.3 is 15.0 Å². The van der Waals surface area contributed by atoms with Crippen molar-refractivity contribution in [2.75, 3.05) is 18.5 Å². The molecule has 3 aromatic rings. The van der Waals surface area contributed by atoms with Gasteiger partial charge in [-0.15, -0.1) is 0 Å². The van der Waals surface area contributed by atoms with Crippen molar-refractivity contribution in [2.45, 2.75) is 19.9 Å². The third-order valence-corrected chi connectivity index (χ3v) is 4.86. The summed E-state index contributed by atoms with van der Waals surface area (Å²) in [6, 6.07) is 17.9. The first-order chi connectivity index (χ1) is 13.7. The van der Waals surface area contributed by atoms with E-state index >= 15 is 0 Å². The average Bonchev–Trinajstić information content (AvgIpc) is 2.75. The van der Waals surface area contributed by atoms with Crippen LogP contribution in [0.5, 0.6) is 5.75 Å². The number of fused-ring (bicyclic) bond motifs is 1. The number of aromatic nitrogens is 1. The van der Waals surface area contributed by atoms with E-state index in [4.69, 9.17) is 4.74 Å². The van der Waals surface area contributed by atoms with Crippen LogP contribution in [0.4, 0.5) is 11.4 Å². The SMILES string of the molecule is CCOc1ccc(Nc2cncc(C(=O)N3CCc4ccccc4C3)c2)cc1. The molecule has 5 nitrogen and oxygen atoms in total. The highest BCUT2D eigenvalue weighted by Gasteiger charge is 2.21. The molecule has 1 N–H and O–H groups in total. The van der Waals surface area contributed by atoms with Gasteiger partial charge in [0.1, 0.15) is 5.75 Å². The molecule has 0 aliphatic carbocycles. The number of anilines is 2. The Morgan fingerprint density at radius 3 is 2.64 bits per heavy atom. The van der Waals surface area contributed by atoms with Gasteiger partial charge in [-0.3, -0.25) is 9.78 Å². The summed E-state index contributed by atoms with van der Waals surface area (Å²) in [4.78, 5) is 19.1. The Bertz CT molecular complexity index is 970. The van der Waals surface area contributed by atoms with Crippen molar-refractivity contribution in [3.63, 3.8) is 0 Å². The lowest BCUT2D eigenvalue weighted by molar-refractivity contribution is 0.0734. The zero-order valence-electron chi connectivity index (χ0n) is 15.9. The second-order valence-corrected chi connectivity index (χ2v) is 6.79. The molecule has 0 saturated heterocycles. The molecule has 28 heavy (non-hydrogen) atoms. The molecular formula is C23H23N3O2. The summed E-state index contributed by atoms with van der Waals surface area (Å²) in [5, 5.41) is 3.30. The van der Waals surface area contributed by atoms with Crippen LogP contribution in [-0.4, -0.2) is 28.9 Å². The smallest absolute Gasteiger partial charge is 0.255 e. The van der Waals surface area contributed by atoms with E-state index in [-0.39, 0.29) is 5.91 Å². The Morgan fingerprint density at radius 1 is 1.07 bits per heavy atom. The number of nitrogens with zero attached hydrogens (tertiary/aromatic N) is 2. The lowest BCUT2D eigenvalue weighted by atomic mass is 9.99. The molecule has 2 aromatic carbocycles. The van der Waals surface area contributed by atoms with Crippen molar-refractivity contribution < 1.29 is 9.53 Å². The Hall–Kier alpha value is -3.34. The number of ether oxygens (including phenoxy) is 1. The quantitative estimate of drug-likeness (QED) is 0.719. The minimum atomic E-state index is 0.0114. The molecular weight excluding hydrogens is 350 g/mol. The van der Waals surface area contributed by atoms with Crippen molar-refractivity contribution in [1.82, 2.24) is 9.88 Å². The third kappa shape index (κ3) is 3.98. The van der Waals surface area contributed by atoms with Crippen LogP contribution in [0.1, 0.15) is 28.4 Å². The van der Waals surface area contributed by atoms with Crippen LogP contribution in [0.15, 0.2) is 67.0 Å². The molecule has 0 fully saturated rings. The largest absolute Gasteiger partial charge is 0.494 e. The molecule has 0 spiro atoms. The lowest BCUT2D eigenvalue weighted by Gasteiger charge is -2.29. The van der Waals surface area contributed by atoms with Gasteiger partial charge in [-0.2, -0.15) is 0 Å². The molecule has 5 heteroatoms. The fourth-order valence-electron chi connectivity index (χ4n) is 3.44. The van der Waals surface area contributed by atoms with E-state index in [9.17, 15) is 4.79 Å². The van der Waals surface area contributed by atoms with E-state index < -0.39 is 0 Å². The van der Waals surface area contributed by atoms with E-state index in [1.807, 2.05) is 48.2 Å². The number of benzene rings is 2. The first kappa shape index (κ1) is 18.0. The maximum absolute atomic E-state index is 13.0. The Morgan fingerprint density at radius 2 is 1.86 bits per heavy atom. The third-order valence-electron chi connectivity index (χ3n) is 4.86. The normalized spacial score (nSPS) is 13.0. The van der Waals surface area contributed by atoms with Gasteiger partial charge in [-0.05, 0) is 54.8 Å². The molecule has 4 rings (SSSR count). The summed E-state index contributed by atoms with van der Waals surface area (Å²) in [5.74, 6) is 0.845. The molecule has 1 aliphatic rings. The van der Waals surface area contributed by atoms with Gasteiger partial charge in [0.15, 0.2) is 0 Å². The van der Waals surface area contributed by atoms with Crippen LogP contribution in [0, 0.1) is 0 Å². The molecule has 0 bridgehead atoms. The number of amides is 1. The number of nitrogens with one attached hydrogen (secondary N) is 1. The van der Waals surface area contributed by atoms with Gasteiger partial charge in [0.25, 0.3) is 5.91 Å². The zero-order valence-corrected chi connectivity index (χ0v) is 15.9. The lowest BCUT2D eigenvalue weighted by Crippen LogP contribution is -2.36. The molecule has 1 aliphatic heterocycles. The summed E-state index contributed by atoms with van der Waals surface area (Å²) in [7, 11) is 0. The topological polar surface area (TPSA) is 54.5 Å². The fraction of sp³-hybridized carbons (Fsp3) is 0.217. The van der Waals surface area contributed by atoms with Crippen molar-refractivity contribution >= 4 is 17.3 Å². The first-order valence-electron chi connectivity index (χ1n) is 9.54. The zero-order chi connectivity index (χ0) is 19.3. The highest BCUT2D eigenvalue weighted by atomic mass is 16.5. The first-order valence-corrected chi connectivity index (χ1v) is 9.54. The highest BCUT2D eigenvalue weighted by molar-refractivity contribution is 5.95. The van der Waals surface area contributed by atoms with Crippen LogP contribution >= 0.6 is 0 Å². The predicted molar refractivity (Wildman–Crippen MR) is 110 cm³/mol. The van der Waals surface area contributed by atoms with E-state index in [0.717, 1.165) is 30.1 Å². The van der Waals surface area contributed by atoms with Crippen molar-refractivity contribution in [2.24, 2.45) is 0 Å². The summed E-state index contributed by atoms with van der Waals surface area (Å²) in [6.07, 6.45) is 4.24. The summed E-state index contributed by atoms with van der Waals surface area (Å²) >= 11 is 0. The van der Waals surface area contributed by atoms with Crippen LogP contribution in [0.2, 0.25) is 0 Å². The molecule has 1 aromatic heterocycles. The van der Waals surface area contributed by atoms with E-state index in [2.05, 4.69) is 28.5 Å². The van der Waals surface area contributed by atoms with Gasteiger partial charge >= 0.3 is 0 Å². The van der Waals surface area contributed by atoms with Crippen LogP contribution in [-0.2, 0) is 13.0 Å². The highest BCUT2D eigenvalue weighted by Crippen LogP contribution is 2.23. The van der Waals surface area contributed by atoms with E-state index in [0.29, 0.717) is 18.7 Å². The maximum atomic E-state index is 13.0. The van der Waals surface area contributed by atoms with Gasteiger partial charge in [0.2, 0.25) is 0 Å². The minimum absolute atomic E-state index is 0.0114. The molecule has 0 saturated carbocycles. The monoisotopic (exact) mass is 373 g/mol. The Kier molecular flexibility index (Phi) is 5.24. The Balaban J connectivity index is 1.47. The standard InChI is InChI=1S/C23H23N3O2/c1-2-28-22-9-7-20(8-10-22)25-21-13-19(14-24-15-21)23(27)26-12-11-17-5-3-4-6-18(17)16-26/h3-10,13-15,25H,2,11-12,16H2,1H3. The number of hydrogen-bond acceptors (Lipinski definition) is 4. The fourth-order valence-corrected chi connectivity index (χ4v) is 3.44. The summed E-state index contributed by atoms with van der Waals surface area (Å²) in [6.45, 7) is 3.97. The minimum Gasteiger partial charge on any atom is -0.494 e. The molecule has 0 unspecified atom stereocenters. The van der Waals surface area contributed by atoms with E-state index in [1.165, 1.54) is 11.1 Å². The van der Waals surface area contributed by atoms with Crippen LogP contribution in [0.3, 0.4) is 0 Å². The number of carbonyl (C=O) groups is 1. The van der Waals surface area contributed by atoms with Gasteiger partial charge in [-0.25, -0.2) is 0 Å². The van der Waals surface area contributed by atoms with Crippen molar-refractivity contribution in [1.29, 1.82) is 0 Å². The summed E-state index contributed by atoms with van der Waals surface area (Å²) < 4.78 is 5.46. The molecule has 2 heterocycles. The molecule has 0 radical (unpaired) electrons. The van der Waals surface area contributed by atoms with Gasteiger partial charge in [0, 0.05) is 25.0 Å². The molecule has 142 valence electrons. The van der Waals surface area contributed by atoms with Crippen LogP contribution in [0.25, 0.3) is 0 Å². The van der Waals surface area contributed by atoms with Gasteiger partial charge in [-0.1, -0.05) is 24.3 Å². The predicted octanol–water partition coefficient (Wildman–Crippen LogP) is 4.42. The van der Waals surface area contributed by atoms with Gasteiger partial charge in [0.05, 0.1) is 24.1 Å². The number of hydrogen-bond donors (Lipinski definition) is 1. The number of pyridine rings is 1.